The molecule has 0 aliphatic carbocycles. The molecule has 0 radical (unpaired) electrons. The lowest BCUT2D eigenvalue weighted by Gasteiger charge is -2.26. The van der Waals surface area contributed by atoms with E-state index in [0.29, 0.717) is 21.5 Å². The number of pyridine rings is 1. The Morgan fingerprint density at radius 1 is 1.15 bits per heavy atom. The van der Waals surface area contributed by atoms with E-state index in [2.05, 4.69) is 26.2 Å². The normalized spacial score (nSPS) is 15.9. The van der Waals surface area contributed by atoms with Gasteiger partial charge in [0.25, 0.3) is 5.91 Å². The van der Waals surface area contributed by atoms with Crippen molar-refractivity contribution in [3.05, 3.63) is 87.8 Å². The van der Waals surface area contributed by atoms with Gasteiger partial charge in [-0.05, 0) is 48.9 Å². The summed E-state index contributed by atoms with van der Waals surface area (Å²) < 4.78 is 15.0. The Bertz CT molecular complexity index is 1010. The van der Waals surface area contributed by atoms with Crippen LogP contribution in [0.5, 0.6) is 0 Å². The van der Waals surface area contributed by atoms with E-state index in [1.54, 1.807) is 29.3 Å². The average Bonchev–Trinajstić information content (AvgIpc) is 2.90. The van der Waals surface area contributed by atoms with Crippen LogP contribution in [0.15, 0.2) is 65.3 Å². The van der Waals surface area contributed by atoms with E-state index in [0.717, 1.165) is 11.1 Å². The first-order chi connectivity index (χ1) is 12.5. The lowest BCUT2D eigenvalue weighted by molar-refractivity contribution is 0.0992. The second-order valence-corrected chi connectivity index (χ2v) is 7.04. The molecule has 0 spiro atoms. The summed E-state index contributed by atoms with van der Waals surface area (Å²) in [5.41, 5.74) is 2.70. The van der Waals surface area contributed by atoms with E-state index < -0.39 is 12.0 Å². The van der Waals surface area contributed by atoms with Crippen LogP contribution in [0.4, 0.5) is 15.9 Å². The average molecular weight is 412 g/mol. The Labute approximate surface area is 158 Å². The molecule has 0 bridgehead atoms. The van der Waals surface area contributed by atoms with Gasteiger partial charge in [0.05, 0.1) is 5.69 Å². The van der Waals surface area contributed by atoms with Crippen LogP contribution < -0.4 is 10.2 Å². The molecule has 0 saturated carbocycles. The standard InChI is InChI=1S/C20H15BrFN3O/c1-12-8-9-23-18(10-12)25-19(14-4-2-3-5-15(14)20(25)26)24-17-7-6-13(21)11-16(17)22/h2-11,19,24H,1H3/t19-/m0/s1. The molecule has 6 heteroatoms. The minimum atomic E-state index is -0.538. The first kappa shape index (κ1) is 16.7. The lowest BCUT2D eigenvalue weighted by Crippen LogP contribution is -2.33. The van der Waals surface area contributed by atoms with Gasteiger partial charge in [0, 0.05) is 21.8 Å². The molecule has 0 fully saturated rings. The third kappa shape index (κ3) is 2.86. The molecule has 4 nitrogen and oxygen atoms in total. The van der Waals surface area contributed by atoms with Crippen molar-refractivity contribution in [1.82, 2.24) is 4.98 Å². The van der Waals surface area contributed by atoms with Crippen molar-refractivity contribution >= 4 is 33.3 Å². The van der Waals surface area contributed by atoms with E-state index >= 15 is 0 Å². The predicted molar refractivity (Wildman–Crippen MR) is 103 cm³/mol. The number of halogens is 2. The van der Waals surface area contributed by atoms with Crippen molar-refractivity contribution in [1.29, 1.82) is 0 Å². The van der Waals surface area contributed by atoms with Crippen LogP contribution in [0.2, 0.25) is 0 Å². The molecule has 2 aromatic carbocycles. The fourth-order valence-electron chi connectivity index (χ4n) is 3.10. The number of hydrogen-bond donors (Lipinski definition) is 1. The van der Waals surface area contributed by atoms with Crippen molar-refractivity contribution in [2.24, 2.45) is 0 Å². The van der Waals surface area contributed by atoms with Crippen molar-refractivity contribution < 1.29 is 9.18 Å². The topological polar surface area (TPSA) is 45.2 Å². The van der Waals surface area contributed by atoms with Gasteiger partial charge in [0.1, 0.15) is 17.8 Å². The highest BCUT2D eigenvalue weighted by Crippen LogP contribution is 2.38. The van der Waals surface area contributed by atoms with Crippen LogP contribution in [0.25, 0.3) is 0 Å². The van der Waals surface area contributed by atoms with Gasteiger partial charge in [-0.15, -0.1) is 0 Å². The van der Waals surface area contributed by atoms with E-state index in [9.17, 15) is 9.18 Å². The van der Waals surface area contributed by atoms with Gasteiger partial charge < -0.3 is 5.32 Å². The molecular weight excluding hydrogens is 397 g/mol. The second-order valence-electron chi connectivity index (χ2n) is 6.12. The van der Waals surface area contributed by atoms with Crippen molar-refractivity contribution in [3.63, 3.8) is 0 Å². The number of fused-ring (bicyclic) bond motifs is 1. The van der Waals surface area contributed by atoms with Crippen LogP contribution in [0, 0.1) is 12.7 Å². The summed E-state index contributed by atoms with van der Waals surface area (Å²) in [6.07, 6.45) is 1.13. The largest absolute Gasteiger partial charge is 0.359 e. The molecule has 1 aliphatic heterocycles. The zero-order valence-corrected chi connectivity index (χ0v) is 15.5. The Hall–Kier alpha value is -2.73. The maximum absolute atomic E-state index is 14.4. The zero-order valence-electron chi connectivity index (χ0n) is 13.9. The molecule has 0 unspecified atom stereocenters. The van der Waals surface area contributed by atoms with Crippen LogP contribution in [0.3, 0.4) is 0 Å². The summed E-state index contributed by atoms with van der Waals surface area (Å²) >= 11 is 3.26. The highest BCUT2D eigenvalue weighted by Gasteiger charge is 2.38. The first-order valence-electron chi connectivity index (χ1n) is 8.11. The van der Waals surface area contributed by atoms with Crippen LogP contribution in [0.1, 0.15) is 27.7 Å². The fraction of sp³-hybridized carbons (Fsp3) is 0.100. The van der Waals surface area contributed by atoms with Crippen molar-refractivity contribution in [2.45, 2.75) is 13.1 Å². The number of aromatic nitrogens is 1. The lowest BCUT2D eigenvalue weighted by atomic mass is 10.1. The molecule has 1 aromatic heterocycles. The minimum absolute atomic E-state index is 0.159. The number of anilines is 2. The number of aryl methyl sites for hydroxylation is 1. The molecular formula is C20H15BrFN3O. The van der Waals surface area contributed by atoms with E-state index in [4.69, 9.17) is 0 Å². The SMILES string of the molecule is Cc1ccnc(N2C(=O)c3ccccc3[C@H]2Nc2ccc(Br)cc2F)c1. The second kappa shape index (κ2) is 6.53. The number of benzene rings is 2. The third-order valence-electron chi connectivity index (χ3n) is 4.33. The predicted octanol–water partition coefficient (Wildman–Crippen LogP) is 5.06. The smallest absolute Gasteiger partial charge is 0.261 e. The van der Waals surface area contributed by atoms with Crippen LogP contribution >= 0.6 is 15.9 Å². The quantitative estimate of drug-likeness (QED) is 0.654. The van der Waals surface area contributed by atoms with Crippen LogP contribution in [-0.2, 0) is 0 Å². The molecule has 1 amide bonds. The summed E-state index contributed by atoms with van der Waals surface area (Å²) in [6, 6.07) is 15.8. The number of nitrogens with one attached hydrogen (secondary N) is 1. The van der Waals surface area contributed by atoms with Gasteiger partial charge in [-0.25, -0.2) is 9.37 Å². The summed E-state index contributed by atoms with van der Waals surface area (Å²) in [7, 11) is 0. The molecule has 1 aliphatic rings. The third-order valence-corrected chi connectivity index (χ3v) is 4.83. The van der Waals surface area contributed by atoms with E-state index in [-0.39, 0.29) is 5.91 Å². The molecule has 3 aromatic rings. The number of carbonyl (C=O) groups is 1. The zero-order chi connectivity index (χ0) is 18.3. The Morgan fingerprint density at radius 3 is 2.73 bits per heavy atom. The Kier molecular flexibility index (Phi) is 4.20. The number of amides is 1. The van der Waals surface area contributed by atoms with Gasteiger partial charge >= 0.3 is 0 Å². The highest BCUT2D eigenvalue weighted by atomic mass is 79.9. The molecule has 2 heterocycles. The van der Waals surface area contributed by atoms with Gasteiger partial charge in [-0.1, -0.05) is 34.1 Å². The highest BCUT2D eigenvalue weighted by molar-refractivity contribution is 9.10. The molecule has 1 atom stereocenters. The van der Waals surface area contributed by atoms with Crippen LogP contribution in [-0.4, -0.2) is 10.9 Å². The Morgan fingerprint density at radius 2 is 1.96 bits per heavy atom. The first-order valence-corrected chi connectivity index (χ1v) is 8.90. The van der Waals surface area contributed by atoms with Crippen molar-refractivity contribution in [2.75, 3.05) is 10.2 Å². The summed E-state index contributed by atoms with van der Waals surface area (Å²) in [6.45, 7) is 1.94. The van der Waals surface area contributed by atoms with Gasteiger partial charge in [0.2, 0.25) is 0 Å². The minimum Gasteiger partial charge on any atom is -0.359 e. The molecule has 0 saturated heterocycles. The number of nitrogens with zero attached hydrogens (tertiary/aromatic N) is 2. The fourth-order valence-corrected chi connectivity index (χ4v) is 3.43. The van der Waals surface area contributed by atoms with Crippen molar-refractivity contribution in [3.8, 4) is 0 Å². The monoisotopic (exact) mass is 411 g/mol. The molecule has 130 valence electrons. The molecule has 1 N–H and O–H groups in total. The van der Waals surface area contributed by atoms with Gasteiger partial charge in [-0.3, -0.25) is 9.69 Å². The number of rotatable bonds is 3. The van der Waals surface area contributed by atoms with Gasteiger partial charge in [0.15, 0.2) is 0 Å². The Balaban J connectivity index is 1.81. The van der Waals surface area contributed by atoms with E-state index in [1.165, 1.54) is 6.07 Å². The summed E-state index contributed by atoms with van der Waals surface area (Å²) in [5, 5.41) is 3.16. The molecule has 4 rings (SSSR count). The number of hydrogen-bond acceptors (Lipinski definition) is 3. The van der Waals surface area contributed by atoms with Gasteiger partial charge in [-0.2, -0.15) is 0 Å². The van der Waals surface area contributed by atoms with E-state index in [1.807, 2.05) is 37.3 Å². The summed E-state index contributed by atoms with van der Waals surface area (Å²) in [4.78, 5) is 18.9. The summed E-state index contributed by atoms with van der Waals surface area (Å²) in [5.74, 6) is -0.0247. The maximum atomic E-state index is 14.4. The maximum Gasteiger partial charge on any atom is 0.261 e. The number of carbonyl (C=O) groups excluding carboxylic acids is 1. The molecule has 26 heavy (non-hydrogen) atoms.